The van der Waals surface area contributed by atoms with Crippen LogP contribution >= 0.6 is 35.6 Å². The molecule has 0 saturated carbocycles. The summed E-state index contributed by atoms with van der Waals surface area (Å²) < 4.78 is 0. The van der Waals surface area contributed by atoms with Crippen LogP contribution in [0.4, 0.5) is 0 Å². The van der Waals surface area contributed by atoms with Crippen molar-refractivity contribution in [1.82, 2.24) is 15.6 Å². The number of guanidine groups is 1. The van der Waals surface area contributed by atoms with Gasteiger partial charge in [0, 0.05) is 24.3 Å². The zero-order valence-corrected chi connectivity index (χ0v) is 18.9. The van der Waals surface area contributed by atoms with Crippen molar-refractivity contribution < 1.29 is 0 Å². The molecule has 4 nitrogen and oxygen atoms in total. The maximum atomic E-state index is 6.08. The van der Waals surface area contributed by atoms with Crippen molar-refractivity contribution in [2.45, 2.75) is 33.7 Å². The van der Waals surface area contributed by atoms with Gasteiger partial charge < -0.3 is 10.6 Å². The lowest BCUT2D eigenvalue weighted by Crippen LogP contribution is -2.42. The Morgan fingerprint density at radius 3 is 2.54 bits per heavy atom. The lowest BCUT2D eigenvalue weighted by atomic mass is 9.86. The van der Waals surface area contributed by atoms with E-state index in [-0.39, 0.29) is 29.4 Å². The zero-order valence-electron chi connectivity index (χ0n) is 15.8. The van der Waals surface area contributed by atoms with Crippen molar-refractivity contribution in [2.75, 3.05) is 13.6 Å². The van der Waals surface area contributed by atoms with Crippen molar-refractivity contribution in [1.29, 1.82) is 0 Å². The fourth-order valence-electron chi connectivity index (χ4n) is 2.68. The van der Waals surface area contributed by atoms with Crippen molar-refractivity contribution in [3.8, 4) is 0 Å². The van der Waals surface area contributed by atoms with Crippen LogP contribution in [0.5, 0.6) is 0 Å². The fraction of sp³-hybridized carbons (Fsp3) is 0.400. The second-order valence-corrected chi connectivity index (χ2v) is 7.46. The molecule has 26 heavy (non-hydrogen) atoms. The molecule has 0 saturated heterocycles. The molecule has 2 aromatic rings. The molecular formula is C20H28ClIN4. The second-order valence-electron chi connectivity index (χ2n) is 7.02. The van der Waals surface area contributed by atoms with Gasteiger partial charge in [-0.2, -0.15) is 0 Å². The Bertz CT molecular complexity index is 731. The standard InChI is InChI=1S/C20H27ClN4.HI/c1-15-7-5-10-18(25-15)13-23-19(22-4)24-14-20(2,3)12-16-8-6-9-17(21)11-16;/h5-11H,12-14H2,1-4H3,(H2,22,23,24);1H. The van der Waals surface area contributed by atoms with E-state index in [0.717, 1.165) is 35.3 Å². The molecular weight excluding hydrogens is 459 g/mol. The quantitative estimate of drug-likeness (QED) is 0.357. The third kappa shape index (κ3) is 7.91. The molecule has 0 aliphatic carbocycles. The zero-order chi connectivity index (χ0) is 18.3. The molecule has 2 N–H and O–H groups in total. The average Bonchev–Trinajstić information content (AvgIpc) is 2.54. The highest BCUT2D eigenvalue weighted by Crippen LogP contribution is 2.22. The lowest BCUT2D eigenvalue weighted by Gasteiger charge is -2.26. The Morgan fingerprint density at radius 1 is 1.15 bits per heavy atom. The molecule has 0 bridgehead atoms. The maximum absolute atomic E-state index is 6.08. The Labute approximate surface area is 178 Å². The van der Waals surface area contributed by atoms with Crippen molar-refractivity contribution in [2.24, 2.45) is 10.4 Å². The number of nitrogens with zero attached hydrogens (tertiary/aromatic N) is 2. The number of hydrogen-bond acceptors (Lipinski definition) is 2. The summed E-state index contributed by atoms with van der Waals surface area (Å²) in [5.74, 6) is 0.780. The number of halogens is 2. The number of aromatic nitrogens is 1. The summed E-state index contributed by atoms with van der Waals surface area (Å²) in [5, 5.41) is 7.50. The van der Waals surface area contributed by atoms with Gasteiger partial charge in [-0.25, -0.2) is 0 Å². The van der Waals surface area contributed by atoms with Gasteiger partial charge in [0.15, 0.2) is 5.96 Å². The molecule has 0 atom stereocenters. The molecule has 0 amide bonds. The molecule has 1 heterocycles. The molecule has 0 radical (unpaired) electrons. The van der Waals surface area contributed by atoms with Crippen LogP contribution < -0.4 is 10.6 Å². The van der Waals surface area contributed by atoms with Crippen LogP contribution in [0.25, 0.3) is 0 Å². The van der Waals surface area contributed by atoms with E-state index < -0.39 is 0 Å². The Kier molecular flexibility index (Phi) is 9.36. The summed E-state index contributed by atoms with van der Waals surface area (Å²) >= 11 is 6.08. The normalized spacial score (nSPS) is 11.7. The first kappa shape index (κ1) is 22.7. The number of hydrogen-bond donors (Lipinski definition) is 2. The van der Waals surface area contributed by atoms with Gasteiger partial charge >= 0.3 is 0 Å². The predicted octanol–water partition coefficient (Wildman–Crippen LogP) is 4.60. The summed E-state index contributed by atoms with van der Waals surface area (Å²) in [6.45, 7) is 7.91. The first-order valence-corrected chi connectivity index (χ1v) is 8.87. The van der Waals surface area contributed by atoms with E-state index in [4.69, 9.17) is 11.6 Å². The van der Waals surface area contributed by atoms with Gasteiger partial charge in [-0.1, -0.05) is 43.6 Å². The summed E-state index contributed by atoms with van der Waals surface area (Å²) in [6.07, 6.45) is 0.941. The summed E-state index contributed by atoms with van der Waals surface area (Å²) in [7, 11) is 1.78. The molecule has 2 rings (SSSR count). The van der Waals surface area contributed by atoms with E-state index >= 15 is 0 Å². The van der Waals surface area contributed by atoms with Crippen LogP contribution in [0.1, 0.15) is 30.8 Å². The van der Waals surface area contributed by atoms with E-state index in [1.807, 2.05) is 43.3 Å². The molecule has 0 aliphatic heterocycles. The van der Waals surface area contributed by atoms with E-state index in [9.17, 15) is 0 Å². The minimum Gasteiger partial charge on any atom is -0.356 e. The maximum Gasteiger partial charge on any atom is 0.191 e. The van der Waals surface area contributed by atoms with Gasteiger partial charge in [0.1, 0.15) is 0 Å². The van der Waals surface area contributed by atoms with Crippen LogP contribution in [-0.2, 0) is 13.0 Å². The third-order valence-electron chi connectivity index (χ3n) is 3.91. The van der Waals surface area contributed by atoms with Crippen molar-refractivity contribution in [3.63, 3.8) is 0 Å². The minimum atomic E-state index is 0. The van der Waals surface area contributed by atoms with Crippen LogP contribution in [0, 0.1) is 12.3 Å². The molecule has 1 aromatic carbocycles. The lowest BCUT2D eigenvalue weighted by molar-refractivity contribution is 0.359. The number of nitrogens with one attached hydrogen (secondary N) is 2. The van der Waals surface area contributed by atoms with Gasteiger partial charge in [-0.3, -0.25) is 9.98 Å². The topological polar surface area (TPSA) is 49.3 Å². The monoisotopic (exact) mass is 486 g/mol. The average molecular weight is 487 g/mol. The predicted molar refractivity (Wildman–Crippen MR) is 122 cm³/mol. The van der Waals surface area contributed by atoms with Crippen LogP contribution in [0.3, 0.4) is 0 Å². The van der Waals surface area contributed by atoms with E-state index in [0.29, 0.717) is 6.54 Å². The van der Waals surface area contributed by atoms with Gasteiger partial charge in [-0.05, 0) is 48.6 Å². The number of aliphatic imine (C=N–C) groups is 1. The highest BCUT2D eigenvalue weighted by molar-refractivity contribution is 14.0. The Hall–Kier alpha value is -1.34. The van der Waals surface area contributed by atoms with E-state index in [1.54, 1.807) is 7.05 Å². The molecule has 0 spiro atoms. The molecule has 142 valence electrons. The number of benzene rings is 1. The molecule has 0 aliphatic rings. The van der Waals surface area contributed by atoms with Crippen LogP contribution in [0.2, 0.25) is 5.02 Å². The highest BCUT2D eigenvalue weighted by atomic mass is 127. The summed E-state index contributed by atoms with van der Waals surface area (Å²) in [4.78, 5) is 8.79. The second kappa shape index (κ2) is 10.7. The number of rotatable bonds is 6. The Balaban J connectivity index is 0.00000338. The van der Waals surface area contributed by atoms with Crippen LogP contribution in [0.15, 0.2) is 47.5 Å². The Morgan fingerprint density at radius 2 is 1.88 bits per heavy atom. The third-order valence-corrected chi connectivity index (χ3v) is 4.15. The van der Waals surface area contributed by atoms with E-state index in [2.05, 4.69) is 40.5 Å². The van der Waals surface area contributed by atoms with Crippen molar-refractivity contribution >= 4 is 41.5 Å². The first-order chi connectivity index (χ1) is 11.9. The fourth-order valence-corrected chi connectivity index (χ4v) is 2.89. The molecule has 0 unspecified atom stereocenters. The van der Waals surface area contributed by atoms with Gasteiger partial charge in [-0.15, -0.1) is 24.0 Å². The molecule has 6 heteroatoms. The van der Waals surface area contributed by atoms with E-state index in [1.165, 1.54) is 5.56 Å². The smallest absolute Gasteiger partial charge is 0.191 e. The summed E-state index contributed by atoms with van der Waals surface area (Å²) in [6, 6.07) is 14.1. The van der Waals surface area contributed by atoms with Gasteiger partial charge in [0.25, 0.3) is 0 Å². The number of aryl methyl sites for hydroxylation is 1. The summed E-state index contributed by atoms with van der Waals surface area (Å²) in [5.41, 5.74) is 3.33. The molecule has 1 aromatic heterocycles. The highest BCUT2D eigenvalue weighted by Gasteiger charge is 2.19. The first-order valence-electron chi connectivity index (χ1n) is 8.49. The van der Waals surface area contributed by atoms with Crippen LogP contribution in [-0.4, -0.2) is 24.5 Å². The minimum absolute atomic E-state index is 0. The van der Waals surface area contributed by atoms with Gasteiger partial charge in [0.05, 0.1) is 12.2 Å². The van der Waals surface area contributed by atoms with Crippen molar-refractivity contribution in [3.05, 3.63) is 64.4 Å². The largest absolute Gasteiger partial charge is 0.356 e. The SMILES string of the molecule is CN=C(NCc1cccc(C)n1)NCC(C)(C)Cc1cccc(Cl)c1.I. The molecule has 0 fully saturated rings. The van der Waals surface area contributed by atoms with Gasteiger partial charge in [0.2, 0.25) is 0 Å². The number of pyridine rings is 1.